The molecule has 3 rings (SSSR count). The Morgan fingerprint density at radius 3 is 2.23 bits per heavy atom. The van der Waals surface area contributed by atoms with Gasteiger partial charge in [-0.25, -0.2) is 4.79 Å². The Hall–Kier alpha value is -2.21. The van der Waals surface area contributed by atoms with E-state index in [-0.39, 0.29) is 12.1 Å². The molecule has 0 spiro atoms. The first-order valence-electron chi connectivity index (χ1n) is 8.77. The van der Waals surface area contributed by atoms with Crippen LogP contribution in [0.2, 0.25) is 0 Å². The van der Waals surface area contributed by atoms with Crippen LogP contribution < -0.4 is 15.0 Å². The van der Waals surface area contributed by atoms with E-state index in [2.05, 4.69) is 38.3 Å². The number of halogens is 1. The highest BCUT2D eigenvalue weighted by Gasteiger charge is 2.22. The fourth-order valence-corrected chi connectivity index (χ4v) is 3.34. The normalized spacial score (nSPS) is 15.5. The second-order valence-electron chi connectivity index (χ2n) is 6.39. The third kappa shape index (κ3) is 4.49. The van der Waals surface area contributed by atoms with Crippen molar-refractivity contribution in [3.63, 3.8) is 0 Å². The Balaban J connectivity index is 1.52. The minimum atomic E-state index is -0.0183. The molecule has 0 aliphatic carbocycles. The maximum atomic E-state index is 12.5. The van der Waals surface area contributed by atoms with Crippen LogP contribution >= 0.6 is 15.9 Å². The highest BCUT2D eigenvalue weighted by molar-refractivity contribution is 9.10. The first-order valence-corrected chi connectivity index (χ1v) is 9.56. The molecule has 0 radical (unpaired) electrons. The number of rotatable bonds is 4. The van der Waals surface area contributed by atoms with E-state index in [1.54, 1.807) is 7.11 Å². The Labute approximate surface area is 163 Å². The monoisotopic (exact) mass is 417 g/mol. The summed E-state index contributed by atoms with van der Waals surface area (Å²) in [6.07, 6.45) is 0. The van der Waals surface area contributed by atoms with Crippen LogP contribution in [0, 0.1) is 0 Å². The number of carbonyl (C=O) groups is 1. The Morgan fingerprint density at radius 2 is 1.65 bits per heavy atom. The van der Waals surface area contributed by atoms with Crippen LogP contribution in [0.4, 0.5) is 10.5 Å². The van der Waals surface area contributed by atoms with Gasteiger partial charge in [-0.15, -0.1) is 0 Å². The van der Waals surface area contributed by atoms with Crippen molar-refractivity contribution in [3.8, 4) is 5.75 Å². The highest BCUT2D eigenvalue weighted by atomic mass is 79.9. The number of urea groups is 1. The molecule has 1 N–H and O–H groups in total. The number of amides is 2. The molecule has 1 unspecified atom stereocenters. The highest BCUT2D eigenvalue weighted by Crippen LogP contribution is 2.21. The number of methoxy groups -OCH3 is 1. The predicted octanol–water partition coefficient (Wildman–Crippen LogP) is 4.05. The zero-order valence-corrected chi connectivity index (χ0v) is 16.7. The van der Waals surface area contributed by atoms with Gasteiger partial charge in [0.05, 0.1) is 13.2 Å². The van der Waals surface area contributed by atoms with E-state index >= 15 is 0 Å². The molecule has 1 fully saturated rings. The molecule has 1 aliphatic heterocycles. The molecule has 26 heavy (non-hydrogen) atoms. The number of anilines is 1. The fourth-order valence-electron chi connectivity index (χ4n) is 3.07. The largest absolute Gasteiger partial charge is 0.497 e. The number of hydrogen-bond donors (Lipinski definition) is 1. The van der Waals surface area contributed by atoms with E-state index in [4.69, 9.17) is 4.74 Å². The lowest BCUT2D eigenvalue weighted by molar-refractivity contribution is 0.191. The molecule has 2 aromatic carbocycles. The topological polar surface area (TPSA) is 44.8 Å². The average molecular weight is 418 g/mol. The summed E-state index contributed by atoms with van der Waals surface area (Å²) in [4.78, 5) is 16.7. The van der Waals surface area contributed by atoms with Gasteiger partial charge in [-0.2, -0.15) is 0 Å². The van der Waals surface area contributed by atoms with Crippen molar-refractivity contribution in [2.24, 2.45) is 0 Å². The van der Waals surface area contributed by atoms with E-state index < -0.39 is 0 Å². The van der Waals surface area contributed by atoms with Gasteiger partial charge in [-0.05, 0) is 48.9 Å². The van der Waals surface area contributed by atoms with Crippen LogP contribution in [-0.4, -0.2) is 44.2 Å². The summed E-state index contributed by atoms with van der Waals surface area (Å²) in [7, 11) is 1.67. The Morgan fingerprint density at radius 1 is 1.04 bits per heavy atom. The summed E-state index contributed by atoms with van der Waals surface area (Å²) in [6.45, 7) is 5.09. The molecule has 1 saturated heterocycles. The van der Waals surface area contributed by atoms with E-state index in [0.717, 1.165) is 34.6 Å². The van der Waals surface area contributed by atoms with E-state index in [1.165, 1.54) is 0 Å². The van der Waals surface area contributed by atoms with Gasteiger partial charge in [0, 0.05) is 36.3 Å². The zero-order chi connectivity index (χ0) is 18.5. The smallest absolute Gasteiger partial charge is 0.317 e. The fraction of sp³-hybridized carbons (Fsp3) is 0.350. The van der Waals surface area contributed by atoms with Crippen molar-refractivity contribution in [1.29, 1.82) is 0 Å². The molecule has 2 aromatic rings. The Kier molecular flexibility index (Phi) is 6.04. The number of ether oxygens (including phenoxy) is 1. The minimum absolute atomic E-state index is 0.00482. The number of nitrogens with one attached hydrogen (secondary N) is 1. The molecule has 2 amide bonds. The van der Waals surface area contributed by atoms with Crippen molar-refractivity contribution in [1.82, 2.24) is 10.2 Å². The first kappa shape index (κ1) is 18.6. The molecule has 0 aromatic heterocycles. The second kappa shape index (κ2) is 8.45. The van der Waals surface area contributed by atoms with Gasteiger partial charge in [0.2, 0.25) is 0 Å². The molecular formula is C20H24BrN3O2. The van der Waals surface area contributed by atoms with Crippen LogP contribution in [0.15, 0.2) is 53.0 Å². The summed E-state index contributed by atoms with van der Waals surface area (Å²) < 4.78 is 6.24. The predicted molar refractivity (Wildman–Crippen MR) is 108 cm³/mol. The summed E-state index contributed by atoms with van der Waals surface area (Å²) in [5, 5.41) is 3.09. The van der Waals surface area contributed by atoms with Crippen molar-refractivity contribution < 1.29 is 9.53 Å². The lowest BCUT2D eigenvalue weighted by Gasteiger charge is -2.36. The van der Waals surface area contributed by atoms with Crippen LogP contribution in [0.1, 0.15) is 18.5 Å². The maximum Gasteiger partial charge on any atom is 0.317 e. The van der Waals surface area contributed by atoms with Gasteiger partial charge in [0.25, 0.3) is 0 Å². The standard InChI is InChI=1S/C20H24BrN3O2/c1-15(16-3-5-17(21)6-4-16)22-20(25)24-13-11-23(12-14-24)18-7-9-19(26-2)10-8-18/h3-10,15H,11-14H2,1-2H3,(H,22,25). The summed E-state index contributed by atoms with van der Waals surface area (Å²) in [5.41, 5.74) is 2.26. The second-order valence-corrected chi connectivity index (χ2v) is 7.31. The number of hydrogen-bond acceptors (Lipinski definition) is 3. The van der Waals surface area contributed by atoms with E-state index in [9.17, 15) is 4.79 Å². The molecule has 0 bridgehead atoms. The molecule has 1 atom stereocenters. The molecule has 138 valence electrons. The average Bonchev–Trinajstić information content (AvgIpc) is 2.68. The summed E-state index contributed by atoms with van der Waals surface area (Å²) in [6, 6.07) is 16.1. The SMILES string of the molecule is COc1ccc(N2CCN(C(=O)NC(C)c3ccc(Br)cc3)CC2)cc1. The van der Waals surface area contributed by atoms with Gasteiger partial charge in [-0.1, -0.05) is 28.1 Å². The van der Waals surface area contributed by atoms with Crippen LogP contribution in [0.3, 0.4) is 0 Å². The zero-order valence-electron chi connectivity index (χ0n) is 15.1. The molecule has 1 aliphatic rings. The van der Waals surface area contributed by atoms with E-state index in [0.29, 0.717) is 13.1 Å². The molecule has 6 heteroatoms. The van der Waals surface area contributed by atoms with Crippen LogP contribution in [0.25, 0.3) is 0 Å². The van der Waals surface area contributed by atoms with Gasteiger partial charge in [0.15, 0.2) is 0 Å². The maximum absolute atomic E-state index is 12.5. The van der Waals surface area contributed by atoms with Crippen molar-refractivity contribution in [2.75, 3.05) is 38.2 Å². The lowest BCUT2D eigenvalue weighted by atomic mass is 10.1. The third-order valence-electron chi connectivity index (χ3n) is 4.71. The van der Waals surface area contributed by atoms with Crippen LogP contribution in [-0.2, 0) is 0 Å². The molecule has 5 nitrogen and oxygen atoms in total. The van der Waals surface area contributed by atoms with Gasteiger partial charge in [-0.3, -0.25) is 0 Å². The van der Waals surface area contributed by atoms with Crippen molar-refractivity contribution in [2.45, 2.75) is 13.0 Å². The third-order valence-corrected chi connectivity index (χ3v) is 5.24. The van der Waals surface area contributed by atoms with Crippen molar-refractivity contribution in [3.05, 3.63) is 58.6 Å². The van der Waals surface area contributed by atoms with Crippen molar-refractivity contribution >= 4 is 27.6 Å². The molecular weight excluding hydrogens is 394 g/mol. The van der Waals surface area contributed by atoms with Gasteiger partial charge in [0.1, 0.15) is 5.75 Å². The number of benzene rings is 2. The molecule has 0 saturated carbocycles. The van der Waals surface area contributed by atoms with Gasteiger partial charge < -0.3 is 19.9 Å². The molecule has 1 heterocycles. The lowest BCUT2D eigenvalue weighted by Crippen LogP contribution is -2.52. The summed E-state index contributed by atoms with van der Waals surface area (Å²) in [5.74, 6) is 0.855. The number of piperazine rings is 1. The Bertz CT molecular complexity index is 726. The summed E-state index contributed by atoms with van der Waals surface area (Å²) >= 11 is 3.43. The van der Waals surface area contributed by atoms with Gasteiger partial charge >= 0.3 is 6.03 Å². The minimum Gasteiger partial charge on any atom is -0.497 e. The van der Waals surface area contributed by atoms with Crippen LogP contribution in [0.5, 0.6) is 5.75 Å². The van der Waals surface area contributed by atoms with E-state index in [1.807, 2.05) is 48.2 Å². The first-order chi connectivity index (χ1) is 12.6. The quantitative estimate of drug-likeness (QED) is 0.815. The number of carbonyl (C=O) groups excluding carboxylic acids is 1. The number of nitrogens with zero attached hydrogens (tertiary/aromatic N) is 2.